The molecule has 0 aliphatic heterocycles. The van der Waals surface area contributed by atoms with E-state index in [0.29, 0.717) is 5.69 Å². The normalized spacial score (nSPS) is 11.5. The Hall–Kier alpha value is -2.22. The first kappa shape index (κ1) is 16.2. The van der Waals surface area contributed by atoms with Crippen molar-refractivity contribution in [3.63, 3.8) is 0 Å². The smallest absolute Gasteiger partial charge is 0.237 e. The van der Waals surface area contributed by atoms with Crippen molar-refractivity contribution in [2.75, 3.05) is 11.2 Å². The Morgan fingerprint density at radius 1 is 1.68 bits per heavy atom. The largest absolute Gasteiger partial charge is 0.321 e. The number of nitrogens with zero attached hydrogens (tertiary/aromatic N) is 6. The molecule has 0 saturated carbocycles. The predicted molar refractivity (Wildman–Crippen MR) is 86.1 cm³/mol. The van der Waals surface area contributed by atoms with E-state index in [-0.39, 0.29) is 22.2 Å². The standard InChI is InChI=1S/C12H12ClN7OS/c1-8(22-7-16-19-14)12(21)17-10-6-20(18-11(10)13)9-3-2-4-15-5-9/h2-6,8H,7H2,1H3,(H,17,21). The molecule has 10 heteroatoms. The molecule has 22 heavy (non-hydrogen) atoms. The summed E-state index contributed by atoms with van der Waals surface area (Å²) in [6.45, 7) is 1.71. The average molecular weight is 338 g/mol. The number of pyridine rings is 1. The number of hydrogen-bond acceptors (Lipinski definition) is 5. The zero-order valence-electron chi connectivity index (χ0n) is 11.5. The van der Waals surface area contributed by atoms with Crippen LogP contribution >= 0.6 is 23.4 Å². The average Bonchev–Trinajstić information content (AvgIpc) is 2.89. The highest BCUT2D eigenvalue weighted by Gasteiger charge is 2.16. The lowest BCUT2D eigenvalue weighted by Crippen LogP contribution is -2.22. The van der Waals surface area contributed by atoms with Gasteiger partial charge >= 0.3 is 0 Å². The summed E-state index contributed by atoms with van der Waals surface area (Å²) in [5.74, 6) is -0.0564. The molecule has 0 bridgehead atoms. The van der Waals surface area contributed by atoms with Crippen LogP contribution in [0.15, 0.2) is 35.8 Å². The van der Waals surface area contributed by atoms with Crippen molar-refractivity contribution in [2.24, 2.45) is 5.11 Å². The van der Waals surface area contributed by atoms with E-state index in [1.807, 2.05) is 6.07 Å². The van der Waals surface area contributed by atoms with Crippen LogP contribution in [0.4, 0.5) is 5.69 Å². The Morgan fingerprint density at radius 2 is 2.50 bits per heavy atom. The lowest BCUT2D eigenvalue weighted by atomic mass is 10.4. The molecule has 2 aromatic rings. The van der Waals surface area contributed by atoms with Crippen LogP contribution in [0.1, 0.15) is 6.92 Å². The number of thioether (sulfide) groups is 1. The molecule has 114 valence electrons. The van der Waals surface area contributed by atoms with Gasteiger partial charge in [0.25, 0.3) is 0 Å². The number of halogens is 1. The number of hydrogen-bond donors (Lipinski definition) is 1. The van der Waals surface area contributed by atoms with Crippen LogP contribution in [0.3, 0.4) is 0 Å². The molecule has 1 amide bonds. The molecule has 1 atom stereocenters. The molecule has 0 fully saturated rings. The Labute approximate surface area is 135 Å². The number of nitrogens with one attached hydrogen (secondary N) is 1. The fourth-order valence-corrected chi connectivity index (χ4v) is 2.27. The van der Waals surface area contributed by atoms with E-state index in [2.05, 4.69) is 25.4 Å². The fourth-order valence-electron chi connectivity index (χ4n) is 1.54. The van der Waals surface area contributed by atoms with Gasteiger partial charge < -0.3 is 5.32 Å². The predicted octanol–water partition coefficient (Wildman–Crippen LogP) is 3.25. The van der Waals surface area contributed by atoms with Gasteiger partial charge in [-0.2, -0.15) is 5.10 Å². The van der Waals surface area contributed by atoms with Crippen LogP contribution < -0.4 is 5.32 Å². The quantitative estimate of drug-likeness (QED) is 0.495. The lowest BCUT2D eigenvalue weighted by Gasteiger charge is -2.09. The van der Waals surface area contributed by atoms with Gasteiger partial charge in [0, 0.05) is 11.1 Å². The molecule has 2 heterocycles. The molecule has 0 aliphatic rings. The van der Waals surface area contributed by atoms with Crippen molar-refractivity contribution in [3.05, 3.63) is 46.3 Å². The van der Waals surface area contributed by atoms with Gasteiger partial charge in [0.15, 0.2) is 5.15 Å². The van der Waals surface area contributed by atoms with Crippen molar-refractivity contribution in [2.45, 2.75) is 12.2 Å². The van der Waals surface area contributed by atoms with Gasteiger partial charge in [0.05, 0.1) is 34.9 Å². The van der Waals surface area contributed by atoms with Gasteiger partial charge in [-0.05, 0) is 24.6 Å². The molecule has 8 nitrogen and oxygen atoms in total. The Kier molecular flexibility index (Phi) is 5.65. The van der Waals surface area contributed by atoms with Crippen molar-refractivity contribution in [1.82, 2.24) is 14.8 Å². The third-order valence-electron chi connectivity index (χ3n) is 2.65. The summed E-state index contributed by atoms with van der Waals surface area (Å²) >= 11 is 7.25. The topological polar surface area (TPSA) is 109 Å². The molecular formula is C12H12ClN7OS. The van der Waals surface area contributed by atoms with Gasteiger partial charge in [-0.1, -0.05) is 16.7 Å². The minimum Gasteiger partial charge on any atom is -0.321 e. The third kappa shape index (κ3) is 4.14. The highest BCUT2D eigenvalue weighted by molar-refractivity contribution is 8.00. The van der Waals surface area contributed by atoms with Crippen molar-refractivity contribution < 1.29 is 4.79 Å². The van der Waals surface area contributed by atoms with E-state index in [4.69, 9.17) is 17.1 Å². The lowest BCUT2D eigenvalue weighted by molar-refractivity contribution is -0.115. The Balaban J connectivity index is 2.05. The number of anilines is 1. The van der Waals surface area contributed by atoms with Crippen molar-refractivity contribution >= 4 is 35.0 Å². The highest BCUT2D eigenvalue weighted by atomic mass is 35.5. The highest BCUT2D eigenvalue weighted by Crippen LogP contribution is 2.23. The van der Waals surface area contributed by atoms with E-state index in [0.717, 1.165) is 5.69 Å². The maximum Gasteiger partial charge on any atom is 0.237 e. The van der Waals surface area contributed by atoms with Crippen LogP contribution in [-0.2, 0) is 4.79 Å². The maximum atomic E-state index is 12.0. The van der Waals surface area contributed by atoms with Crippen LogP contribution in [0.25, 0.3) is 16.1 Å². The van der Waals surface area contributed by atoms with E-state index in [1.165, 1.54) is 16.4 Å². The van der Waals surface area contributed by atoms with Gasteiger partial charge in [-0.25, -0.2) is 4.68 Å². The van der Waals surface area contributed by atoms with Crippen LogP contribution in [0.2, 0.25) is 5.15 Å². The number of aromatic nitrogens is 3. The van der Waals surface area contributed by atoms with Crippen molar-refractivity contribution in [3.8, 4) is 5.69 Å². The summed E-state index contributed by atoms with van der Waals surface area (Å²) in [7, 11) is 0. The van der Waals surface area contributed by atoms with E-state index in [9.17, 15) is 4.79 Å². The zero-order valence-corrected chi connectivity index (χ0v) is 13.1. The molecular weight excluding hydrogens is 326 g/mol. The molecule has 0 spiro atoms. The van der Waals surface area contributed by atoms with E-state index >= 15 is 0 Å². The molecule has 0 aliphatic carbocycles. The van der Waals surface area contributed by atoms with E-state index in [1.54, 1.807) is 31.6 Å². The second kappa shape index (κ2) is 7.69. The summed E-state index contributed by atoms with van der Waals surface area (Å²) in [5.41, 5.74) is 9.35. The molecule has 0 saturated heterocycles. The van der Waals surface area contributed by atoms with Crippen molar-refractivity contribution in [1.29, 1.82) is 0 Å². The second-order valence-corrected chi connectivity index (χ2v) is 5.80. The monoisotopic (exact) mass is 337 g/mol. The molecule has 0 aromatic carbocycles. The first-order valence-corrected chi connectivity index (χ1v) is 7.63. The summed E-state index contributed by atoms with van der Waals surface area (Å²) in [5, 5.41) is 9.99. The maximum absolute atomic E-state index is 12.0. The third-order valence-corrected chi connectivity index (χ3v) is 3.91. The van der Waals surface area contributed by atoms with Gasteiger partial charge in [0.1, 0.15) is 0 Å². The molecule has 2 rings (SSSR count). The summed E-state index contributed by atoms with van der Waals surface area (Å²) < 4.78 is 1.53. The molecule has 0 radical (unpaired) electrons. The van der Waals surface area contributed by atoms with Crippen LogP contribution in [-0.4, -0.2) is 31.8 Å². The SMILES string of the molecule is CC(SCN=[N+]=[N-])C(=O)Nc1cn(-c2cccnc2)nc1Cl. The zero-order chi connectivity index (χ0) is 15.9. The number of amides is 1. The Bertz CT molecular complexity index is 699. The van der Waals surface area contributed by atoms with Crippen LogP contribution in [0.5, 0.6) is 0 Å². The number of azide groups is 1. The summed E-state index contributed by atoms with van der Waals surface area (Å²) in [6, 6.07) is 3.60. The number of rotatable bonds is 6. The van der Waals surface area contributed by atoms with E-state index < -0.39 is 0 Å². The van der Waals surface area contributed by atoms with Gasteiger partial charge in [0.2, 0.25) is 5.91 Å². The fraction of sp³-hybridized carbons (Fsp3) is 0.250. The molecule has 1 N–H and O–H groups in total. The second-order valence-electron chi connectivity index (χ2n) is 4.15. The summed E-state index contributed by atoms with van der Waals surface area (Å²) in [4.78, 5) is 18.7. The molecule has 1 unspecified atom stereocenters. The minimum absolute atomic E-state index is 0.185. The first-order valence-electron chi connectivity index (χ1n) is 6.20. The number of carbonyl (C=O) groups excluding carboxylic acids is 1. The number of carbonyl (C=O) groups is 1. The van der Waals surface area contributed by atoms with Crippen LogP contribution in [0, 0.1) is 0 Å². The minimum atomic E-state index is -0.386. The first-order chi connectivity index (χ1) is 10.6. The van der Waals surface area contributed by atoms with Gasteiger partial charge in [-0.3, -0.25) is 9.78 Å². The summed E-state index contributed by atoms with van der Waals surface area (Å²) in [6.07, 6.45) is 4.90. The molecule has 2 aromatic heterocycles. The van der Waals surface area contributed by atoms with Gasteiger partial charge in [-0.15, -0.1) is 11.8 Å². The Morgan fingerprint density at radius 3 is 3.18 bits per heavy atom.